The van der Waals surface area contributed by atoms with Crippen LogP contribution in [0.5, 0.6) is 5.75 Å². The quantitative estimate of drug-likeness (QED) is 0.576. The number of halogens is 1. The first-order chi connectivity index (χ1) is 13.6. The topological polar surface area (TPSA) is 81.7 Å². The molecule has 3 rings (SSSR count). The van der Waals surface area contributed by atoms with Crippen LogP contribution in [0.3, 0.4) is 0 Å². The summed E-state index contributed by atoms with van der Waals surface area (Å²) in [5.74, 6) is 1.56. The fourth-order valence-corrected chi connectivity index (χ4v) is 2.68. The van der Waals surface area contributed by atoms with Gasteiger partial charge in [0.25, 0.3) is 5.91 Å². The standard InChI is InChI=1S/C20H21ClN4O3/c1-3-10-22-20(26)19-17(12-24-25(19)2)23-11-14-8-9-15(28-14)13-27-18-7-5-4-6-16(18)21/h4-9,11-12H,3,10,13H2,1-2H3,(H,22,26). The van der Waals surface area contributed by atoms with Crippen molar-refractivity contribution in [3.05, 3.63) is 64.8 Å². The number of aromatic nitrogens is 2. The van der Waals surface area contributed by atoms with E-state index in [1.807, 2.05) is 19.1 Å². The number of hydrogen-bond acceptors (Lipinski definition) is 5. The Morgan fingerprint density at radius 1 is 1.36 bits per heavy atom. The molecule has 0 unspecified atom stereocenters. The molecule has 0 radical (unpaired) electrons. The lowest BCUT2D eigenvalue weighted by Crippen LogP contribution is -2.26. The molecule has 0 saturated carbocycles. The first-order valence-corrected chi connectivity index (χ1v) is 9.26. The van der Waals surface area contributed by atoms with Gasteiger partial charge >= 0.3 is 0 Å². The van der Waals surface area contributed by atoms with Crippen LogP contribution in [-0.2, 0) is 13.7 Å². The number of carbonyl (C=O) groups excluding carboxylic acids is 1. The summed E-state index contributed by atoms with van der Waals surface area (Å²) >= 11 is 6.07. The lowest BCUT2D eigenvalue weighted by molar-refractivity contribution is 0.0945. The fourth-order valence-electron chi connectivity index (χ4n) is 2.49. The van der Waals surface area contributed by atoms with Crippen LogP contribution in [-0.4, -0.2) is 28.4 Å². The molecule has 0 aliphatic rings. The Bertz CT molecular complexity index is 977. The van der Waals surface area contributed by atoms with Gasteiger partial charge in [-0.05, 0) is 30.7 Å². The molecule has 2 aromatic heterocycles. The number of aryl methyl sites for hydroxylation is 1. The summed E-state index contributed by atoms with van der Waals surface area (Å²) in [6.45, 7) is 2.84. The molecule has 0 bridgehead atoms. The van der Waals surface area contributed by atoms with E-state index in [1.54, 1.807) is 43.7 Å². The highest BCUT2D eigenvalue weighted by atomic mass is 35.5. The lowest BCUT2D eigenvalue weighted by atomic mass is 10.3. The predicted octanol–water partition coefficient (Wildman–Crippen LogP) is 4.14. The Morgan fingerprint density at radius 3 is 2.96 bits per heavy atom. The van der Waals surface area contributed by atoms with Gasteiger partial charge in [-0.15, -0.1) is 0 Å². The third kappa shape index (κ3) is 4.80. The van der Waals surface area contributed by atoms with Gasteiger partial charge in [-0.1, -0.05) is 30.7 Å². The molecular weight excluding hydrogens is 380 g/mol. The maximum Gasteiger partial charge on any atom is 0.271 e. The van der Waals surface area contributed by atoms with Gasteiger partial charge in [0, 0.05) is 13.6 Å². The summed E-state index contributed by atoms with van der Waals surface area (Å²) in [7, 11) is 1.71. The van der Waals surface area contributed by atoms with Crippen molar-refractivity contribution in [3.8, 4) is 5.75 Å². The third-order valence-corrected chi connectivity index (χ3v) is 4.20. The largest absolute Gasteiger partial charge is 0.484 e. The molecule has 2 heterocycles. The molecular formula is C20H21ClN4O3. The van der Waals surface area contributed by atoms with Gasteiger partial charge in [-0.3, -0.25) is 9.48 Å². The normalized spacial score (nSPS) is 11.1. The smallest absolute Gasteiger partial charge is 0.271 e. The van der Waals surface area contributed by atoms with Gasteiger partial charge in [0.1, 0.15) is 29.6 Å². The molecule has 1 amide bonds. The van der Waals surface area contributed by atoms with E-state index in [9.17, 15) is 4.79 Å². The first kappa shape index (κ1) is 19.7. The number of rotatable bonds is 8. The van der Waals surface area contributed by atoms with Crippen LogP contribution in [0.25, 0.3) is 0 Å². The second kappa shape index (κ2) is 9.23. The third-order valence-electron chi connectivity index (χ3n) is 3.89. The summed E-state index contributed by atoms with van der Waals surface area (Å²) in [5, 5.41) is 7.49. The van der Waals surface area contributed by atoms with Crippen molar-refractivity contribution in [1.82, 2.24) is 15.1 Å². The zero-order chi connectivity index (χ0) is 19.9. The second-order valence-electron chi connectivity index (χ2n) is 6.04. The number of para-hydroxylation sites is 1. The zero-order valence-corrected chi connectivity index (χ0v) is 16.4. The molecule has 0 fully saturated rings. The van der Waals surface area contributed by atoms with Crippen molar-refractivity contribution >= 4 is 29.4 Å². The maximum atomic E-state index is 12.3. The van der Waals surface area contributed by atoms with Gasteiger partial charge in [0.2, 0.25) is 0 Å². The highest BCUT2D eigenvalue weighted by Gasteiger charge is 2.15. The SMILES string of the molecule is CCCNC(=O)c1c(N=Cc2ccc(COc3ccccc3Cl)o2)cnn1C. The van der Waals surface area contributed by atoms with E-state index in [4.69, 9.17) is 20.8 Å². The number of nitrogens with zero attached hydrogens (tertiary/aromatic N) is 3. The Morgan fingerprint density at radius 2 is 2.18 bits per heavy atom. The lowest BCUT2D eigenvalue weighted by Gasteiger charge is -2.05. The maximum absolute atomic E-state index is 12.3. The zero-order valence-electron chi connectivity index (χ0n) is 15.7. The molecule has 0 aliphatic carbocycles. The van der Waals surface area contributed by atoms with Crippen LogP contribution in [0.2, 0.25) is 5.02 Å². The van der Waals surface area contributed by atoms with Crippen molar-refractivity contribution in [3.63, 3.8) is 0 Å². The minimum Gasteiger partial charge on any atom is -0.484 e. The Kier molecular flexibility index (Phi) is 6.49. The molecule has 146 valence electrons. The number of hydrogen-bond donors (Lipinski definition) is 1. The number of aliphatic imine (C=N–C) groups is 1. The van der Waals surface area contributed by atoms with E-state index in [-0.39, 0.29) is 12.5 Å². The summed E-state index contributed by atoms with van der Waals surface area (Å²) in [5.41, 5.74) is 0.875. The summed E-state index contributed by atoms with van der Waals surface area (Å²) in [4.78, 5) is 16.6. The molecule has 0 saturated heterocycles. The summed E-state index contributed by atoms with van der Waals surface area (Å²) in [6, 6.07) is 10.8. The molecule has 28 heavy (non-hydrogen) atoms. The molecule has 7 nitrogen and oxygen atoms in total. The molecule has 8 heteroatoms. The molecule has 0 aliphatic heterocycles. The predicted molar refractivity (Wildman–Crippen MR) is 108 cm³/mol. The number of furan rings is 1. The Labute approximate surface area is 168 Å². The van der Waals surface area contributed by atoms with Gasteiger partial charge < -0.3 is 14.5 Å². The van der Waals surface area contributed by atoms with Crippen LogP contribution < -0.4 is 10.1 Å². The van der Waals surface area contributed by atoms with Crippen molar-refractivity contribution in [2.24, 2.45) is 12.0 Å². The van der Waals surface area contributed by atoms with E-state index in [1.165, 1.54) is 4.68 Å². The van der Waals surface area contributed by atoms with Crippen molar-refractivity contribution in [2.45, 2.75) is 20.0 Å². The van der Waals surface area contributed by atoms with Crippen LogP contribution in [0.1, 0.15) is 35.4 Å². The second-order valence-corrected chi connectivity index (χ2v) is 6.45. The van der Waals surface area contributed by atoms with Crippen molar-refractivity contribution in [2.75, 3.05) is 6.54 Å². The minimum absolute atomic E-state index is 0.206. The van der Waals surface area contributed by atoms with E-state index in [0.29, 0.717) is 40.2 Å². The molecule has 0 atom stereocenters. The van der Waals surface area contributed by atoms with Gasteiger partial charge in [0.15, 0.2) is 5.69 Å². The van der Waals surface area contributed by atoms with E-state index >= 15 is 0 Å². The van der Waals surface area contributed by atoms with E-state index in [0.717, 1.165) is 6.42 Å². The summed E-state index contributed by atoms with van der Waals surface area (Å²) in [6.07, 6.45) is 3.95. The molecule has 3 aromatic rings. The van der Waals surface area contributed by atoms with Crippen LogP contribution in [0.15, 0.2) is 52.0 Å². The van der Waals surface area contributed by atoms with Crippen LogP contribution in [0, 0.1) is 0 Å². The molecule has 0 spiro atoms. The van der Waals surface area contributed by atoms with Crippen molar-refractivity contribution in [1.29, 1.82) is 0 Å². The molecule has 1 aromatic carbocycles. The number of carbonyl (C=O) groups is 1. The van der Waals surface area contributed by atoms with Gasteiger partial charge in [-0.25, -0.2) is 4.99 Å². The number of amides is 1. The van der Waals surface area contributed by atoms with Gasteiger partial charge in [0.05, 0.1) is 17.4 Å². The van der Waals surface area contributed by atoms with E-state index < -0.39 is 0 Å². The average molecular weight is 401 g/mol. The van der Waals surface area contributed by atoms with Crippen molar-refractivity contribution < 1.29 is 13.9 Å². The Balaban J connectivity index is 1.66. The number of benzene rings is 1. The summed E-state index contributed by atoms with van der Waals surface area (Å²) < 4.78 is 12.9. The number of nitrogens with one attached hydrogen (secondary N) is 1. The average Bonchev–Trinajstić information content (AvgIpc) is 3.30. The number of ether oxygens (including phenoxy) is 1. The fraction of sp³-hybridized carbons (Fsp3) is 0.250. The monoisotopic (exact) mass is 400 g/mol. The first-order valence-electron chi connectivity index (χ1n) is 8.88. The highest BCUT2D eigenvalue weighted by Crippen LogP contribution is 2.24. The van der Waals surface area contributed by atoms with Gasteiger partial charge in [-0.2, -0.15) is 5.10 Å². The van der Waals surface area contributed by atoms with Crippen LogP contribution in [0.4, 0.5) is 5.69 Å². The van der Waals surface area contributed by atoms with Crippen LogP contribution >= 0.6 is 11.6 Å². The highest BCUT2D eigenvalue weighted by molar-refractivity contribution is 6.32. The minimum atomic E-state index is -0.206. The van der Waals surface area contributed by atoms with E-state index in [2.05, 4.69) is 15.4 Å². The molecule has 1 N–H and O–H groups in total. The Hall–Kier alpha value is -3.06.